The minimum absolute atomic E-state index is 0.00463. The van der Waals surface area contributed by atoms with Crippen LogP contribution < -0.4 is 0 Å². The second-order valence-electron chi connectivity index (χ2n) is 3.86. The predicted molar refractivity (Wildman–Crippen MR) is 61.9 cm³/mol. The van der Waals surface area contributed by atoms with E-state index in [0.717, 1.165) is 22.4 Å². The minimum atomic E-state index is -0.0967. The Kier molecular flexibility index (Phi) is 1.90. The lowest BCUT2D eigenvalue weighted by atomic mass is 9.91. The molecular formula is C12H10O2S. The van der Waals surface area contributed by atoms with Gasteiger partial charge in [0.15, 0.2) is 0 Å². The Labute approximate surface area is 93.2 Å². The third-order valence-corrected chi connectivity index (χ3v) is 3.19. The van der Waals surface area contributed by atoms with E-state index < -0.39 is 0 Å². The van der Waals surface area contributed by atoms with Crippen molar-refractivity contribution < 1.29 is 9.84 Å². The number of fused-ring (bicyclic) bond motifs is 2. The summed E-state index contributed by atoms with van der Waals surface area (Å²) >= 11 is 5.17. The highest BCUT2D eigenvalue weighted by Crippen LogP contribution is 2.38. The summed E-state index contributed by atoms with van der Waals surface area (Å²) in [6, 6.07) is 0. The van der Waals surface area contributed by atoms with Gasteiger partial charge >= 0.3 is 0 Å². The summed E-state index contributed by atoms with van der Waals surface area (Å²) in [5, 5.41) is 9.81. The van der Waals surface area contributed by atoms with Gasteiger partial charge < -0.3 is 9.84 Å². The van der Waals surface area contributed by atoms with Crippen LogP contribution in [-0.4, -0.2) is 22.2 Å². The molecule has 3 aliphatic rings. The molecule has 1 N–H and O–H groups in total. The van der Waals surface area contributed by atoms with Crippen molar-refractivity contribution in [3.8, 4) is 0 Å². The van der Waals surface area contributed by atoms with E-state index >= 15 is 0 Å². The van der Waals surface area contributed by atoms with Crippen LogP contribution in [0.1, 0.15) is 6.42 Å². The first kappa shape index (κ1) is 9.07. The lowest BCUT2D eigenvalue weighted by molar-refractivity contribution is 0.105. The molecule has 0 saturated carbocycles. The molecule has 0 aromatic heterocycles. The molecule has 2 aliphatic carbocycles. The third kappa shape index (κ3) is 1.31. The average molecular weight is 218 g/mol. The lowest BCUT2D eigenvalue weighted by Gasteiger charge is -2.15. The molecule has 0 spiro atoms. The van der Waals surface area contributed by atoms with Crippen LogP contribution in [-0.2, 0) is 4.74 Å². The van der Waals surface area contributed by atoms with Crippen LogP contribution in [0.25, 0.3) is 0 Å². The van der Waals surface area contributed by atoms with Gasteiger partial charge in [-0.05, 0) is 17.7 Å². The van der Waals surface area contributed by atoms with E-state index in [1.54, 1.807) is 6.08 Å². The number of hydrogen-bond acceptors (Lipinski definition) is 3. The van der Waals surface area contributed by atoms with Gasteiger partial charge in [-0.3, -0.25) is 0 Å². The molecule has 2 nitrogen and oxygen atoms in total. The maximum atomic E-state index is 9.81. The summed E-state index contributed by atoms with van der Waals surface area (Å²) in [7, 11) is 0. The third-order valence-electron chi connectivity index (χ3n) is 2.90. The summed E-state index contributed by atoms with van der Waals surface area (Å²) in [5.74, 6) is 0.318. The second kappa shape index (κ2) is 3.15. The van der Waals surface area contributed by atoms with Crippen LogP contribution in [0.2, 0.25) is 0 Å². The Morgan fingerprint density at radius 3 is 3.07 bits per heavy atom. The van der Waals surface area contributed by atoms with E-state index in [9.17, 15) is 5.11 Å². The van der Waals surface area contributed by atoms with Gasteiger partial charge in [0.1, 0.15) is 11.9 Å². The zero-order chi connectivity index (χ0) is 10.4. The molecule has 2 unspecified atom stereocenters. The Morgan fingerprint density at radius 1 is 1.33 bits per heavy atom. The fraction of sp³-hybridized carbons (Fsp3) is 0.250. The van der Waals surface area contributed by atoms with Gasteiger partial charge in [0.05, 0.1) is 6.10 Å². The van der Waals surface area contributed by atoms with E-state index in [1.165, 1.54) is 0 Å². The average Bonchev–Trinajstić information content (AvgIpc) is 2.57. The summed E-state index contributed by atoms with van der Waals surface area (Å²) in [5.41, 5.74) is 2.03. The maximum absolute atomic E-state index is 9.81. The van der Waals surface area contributed by atoms with E-state index in [4.69, 9.17) is 17.0 Å². The zero-order valence-electron chi connectivity index (χ0n) is 8.01. The molecule has 1 aliphatic heterocycles. The summed E-state index contributed by atoms with van der Waals surface area (Å²) in [6.07, 6.45) is 10.00. The number of thiocarbonyl (C=S) groups is 1. The Bertz CT molecular complexity index is 454. The molecule has 3 rings (SSSR count). The summed E-state index contributed by atoms with van der Waals surface area (Å²) in [6.45, 7) is 0. The van der Waals surface area contributed by atoms with E-state index in [-0.39, 0.29) is 12.2 Å². The van der Waals surface area contributed by atoms with Gasteiger partial charge in [0, 0.05) is 16.9 Å². The first-order valence-electron chi connectivity index (χ1n) is 4.93. The van der Waals surface area contributed by atoms with Crippen LogP contribution >= 0.6 is 12.2 Å². The number of allylic oxidation sites excluding steroid dienone is 3. The highest BCUT2D eigenvalue weighted by molar-refractivity contribution is 7.80. The molecule has 3 heteroatoms. The number of ether oxygens (including phenoxy) is 1. The number of rotatable bonds is 0. The molecule has 0 saturated heterocycles. The van der Waals surface area contributed by atoms with Crippen molar-refractivity contribution in [3.05, 3.63) is 47.3 Å². The fourth-order valence-corrected chi connectivity index (χ4v) is 2.47. The Morgan fingerprint density at radius 2 is 2.20 bits per heavy atom. The smallest absolute Gasteiger partial charge is 0.121 e. The van der Waals surface area contributed by atoms with Crippen molar-refractivity contribution in [1.82, 2.24) is 0 Å². The predicted octanol–water partition coefficient (Wildman–Crippen LogP) is 2.39. The molecule has 0 radical (unpaired) electrons. The van der Waals surface area contributed by atoms with E-state index in [1.807, 2.05) is 24.3 Å². The van der Waals surface area contributed by atoms with Crippen LogP contribution in [0.5, 0.6) is 0 Å². The first-order valence-corrected chi connectivity index (χ1v) is 5.34. The van der Waals surface area contributed by atoms with Crippen molar-refractivity contribution in [1.29, 1.82) is 0 Å². The molecule has 76 valence electrons. The zero-order valence-corrected chi connectivity index (χ0v) is 8.83. The molecule has 0 fully saturated rings. The maximum Gasteiger partial charge on any atom is 0.121 e. The standard InChI is InChI=1S/C12H10O2S/c13-9-2-1-3-11-12(9)8-6-7(15)4-5-10(8)14-11/h1-5,10-11,13H,6H2. The van der Waals surface area contributed by atoms with Crippen molar-refractivity contribution in [2.75, 3.05) is 0 Å². The molecule has 15 heavy (non-hydrogen) atoms. The largest absolute Gasteiger partial charge is 0.508 e. The first-order chi connectivity index (χ1) is 7.25. The fourth-order valence-electron chi connectivity index (χ4n) is 2.23. The normalized spacial score (nSPS) is 32.8. The molecule has 2 atom stereocenters. The van der Waals surface area contributed by atoms with Gasteiger partial charge in [-0.2, -0.15) is 0 Å². The molecule has 0 amide bonds. The number of hydrogen-bond donors (Lipinski definition) is 1. The molecule has 0 bridgehead atoms. The Hall–Kier alpha value is -1.19. The number of aliphatic hydroxyl groups is 1. The second-order valence-corrected chi connectivity index (χ2v) is 4.38. The SMILES string of the molecule is OC1=CC=CC2OC3C=CC(=S)CC3=C12. The molecule has 0 aromatic carbocycles. The lowest BCUT2D eigenvalue weighted by Crippen LogP contribution is -2.15. The molecular weight excluding hydrogens is 208 g/mol. The van der Waals surface area contributed by atoms with Gasteiger partial charge in [0.25, 0.3) is 0 Å². The van der Waals surface area contributed by atoms with Crippen molar-refractivity contribution in [3.63, 3.8) is 0 Å². The summed E-state index contributed by atoms with van der Waals surface area (Å²) in [4.78, 5) is 0.903. The summed E-state index contributed by atoms with van der Waals surface area (Å²) < 4.78 is 5.78. The number of aliphatic hydroxyl groups excluding tert-OH is 1. The van der Waals surface area contributed by atoms with Crippen molar-refractivity contribution in [2.24, 2.45) is 0 Å². The minimum Gasteiger partial charge on any atom is -0.508 e. The van der Waals surface area contributed by atoms with Gasteiger partial charge in [-0.1, -0.05) is 30.4 Å². The molecule has 0 aromatic rings. The van der Waals surface area contributed by atoms with Crippen molar-refractivity contribution in [2.45, 2.75) is 18.6 Å². The van der Waals surface area contributed by atoms with Gasteiger partial charge in [-0.25, -0.2) is 0 Å². The quantitative estimate of drug-likeness (QED) is 0.633. The molecule has 1 heterocycles. The van der Waals surface area contributed by atoms with E-state index in [2.05, 4.69) is 0 Å². The van der Waals surface area contributed by atoms with Gasteiger partial charge in [-0.15, -0.1) is 0 Å². The van der Waals surface area contributed by atoms with Gasteiger partial charge in [0.2, 0.25) is 0 Å². The van der Waals surface area contributed by atoms with Crippen LogP contribution in [0, 0.1) is 0 Å². The van der Waals surface area contributed by atoms with E-state index in [0.29, 0.717) is 5.76 Å². The highest BCUT2D eigenvalue weighted by Gasteiger charge is 2.36. The van der Waals surface area contributed by atoms with Crippen LogP contribution in [0.3, 0.4) is 0 Å². The topological polar surface area (TPSA) is 29.5 Å². The van der Waals surface area contributed by atoms with Crippen LogP contribution in [0.15, 0.2) is 47.3 Å². The monoisotopic (exact) mass is 218 g/mol. The Balaban J connectivity index is 2.11. The van der Waals surface area contributed by atoms with Crippen molar-refractivity contribution >= 4 is 17.1 Å². The highest BCUT2D eigenvalue weighted by atomic mass is 32.1. The van der Waals surface area contributed by atoms with Crippen LogP contribution in [0.4, 0.5) is 0 Å².